The minimum Gasteiger partial charge on any atom is -0.334 e. The number of aryl methyl sites for hydroxylation is 1. The van der Waals surface area contributed by atoms with Crippen LogP contribution in [0, 0.1) is 0 Å². The van der Waals surface area contributed by atoms with Crippen LogP contribution in [0.1, 0.15) is 51.0 Å². The molecular weight excluding hydrogens is 430 g/mol. The Morgan fingerprint density at radius 3 is 2.44 bits per heavy atom. The van der Waals surface area contributed by atoms with Crippen molar-refractivity contribution in [2.75, 3.05) is 18.1 Å². The van der Waals surface area contributed by atoms with Gasteiger partial charge < -0.3 is 10.2 Å². The molecule has 0 unspecified atom stereocenters. The molecule has 3 aliphatic rings. The fraction of sp³-hybridized carbons (Fsp3) is 0.609. The summed E-state index contributed by atoms with van der Waals surface area (Å²) in [4.78, 5) is 41.8. The lowest BCUT2D eigenvalue weighted by molar-refractivity contribution is -0.141. The Balaban J connectivity index is 1.46. The molecule has 4 amide bonds. The average molecular weight is 462 g/mol. The molecule has 1 aromatic rings. The predicted octanol–water partition coefficient (Wildman–Crippen LogP) is 1.89. The van der Waals surface area contributed by atoms with Crippen molar-refractivity contribution < 1.29 is 22.8 Å². The van der Waals surface area contributed by atoms with Crippen LogP contribution in [0.2, 0.25) is 0 Å². The second-order valence-corrected chi connectivity index (χ2v) is 11.7. The number of amides is 4. The first-order valence-corrected chi connectivity index (χ1v) is 13.2. The predicted molar refractivity (Wildman–Crippen MR) is 120 cm³/mol. The van der Waals surface area contributed by atoms with Gasteiger partial charge in [-0.1, -0.05) is 43.2 Å². The molecule has 1 N–H and O–H groups in total. The monoisotopic (exact) mass is 461 g/mol. The van der Waals surface area contributed by atoms with Crippen molar-refractivity contribution in [2.24, 2.45) is 0 Å². The lowest BCUT2D eigenvalue weighted by Gasteiger charge is -2.35. The maximum absolute atomic E-state index is 13.3. The van der Waals surface area contributed by atoms with E-state index in [2.05, 4.69) is 5.32 Å². The molecule has 1 saturated carbocycles. The molecule has 4 rings (SSSR count). The van der Waals surface area contributed by atoms with Gasteiger partial charge in [-0.15, -0.1) is 0 Å². The summed E-state index contributed by atoms with van der Waals surface area (Å²) in [6, 6.07) is 8.77. The number of carbonyl (C=O) groups excluding carboxylic acids is 3. The SMILES string of the molecule is C[C@@]1(CCc2ccccc2)NC(=O)N(CC(=O)N(C2CCCC2)[C@@H]2CCS(=O)(=O)C2)C1=O. The zero-order valence-electron chi connectivity index (χ0n) is 18.5. The largest absolute Gasteiger partial charge is 0.334 e. The standard InChI is InChI=1S/C23H31N3O5S/c1-23(13-11-17-7-3-2-4-8-17)21(28)25(22(29)24-23)15-20(27)26(18-9-5-6-10-18)19-12-14-32(30,31)16-19/h2-4,7-8,18-19H,5-6,9-16H2,1H3,(H,24,29)/t19-,23+/m1/s1. The van der Waals surface area contributed by atoms with Crippen molar-refractivity contribution in [1.82, 2.24) is 15.1 Å². The van der Waals surface area contributed by atoms with E-state index in [0.29, 0.717) is 19.3 Å². The first kappa shape index (κ1) is 22.8. The number of hydrogen-bond donors (Lipinski definition) is 1. The topological polar surface area (TPSA) is 104 Å². The third-order valence-electron chi connectivity index (χ3n) is 7.00. The summed E-state index contributed by atoms with van der Waals surface area (Å²) in [5, 5.41) is 2.77. The van der Waals surface area contributed by atoms with Crippen molar-refractivity contribution in [3.05, 3.63) is 35.9 Å². The molecule has 2 saturated heterocycles. The van der Waals surface area contributed by atoms with Crippen LogP contribution in [0.25, 0.3) is 0 Å². The Labute approximate surface area is 189 Å². The fourth-order valence-corrected chi connectivity index (χ4v) is 6.91. The van der Waals surface area contributed by atoms with Gasteiger partial charge in [0.1, 0.15) is 12.1 Å². The third-order valence-corrected chi connectivity index (χ3v) is 8.75. The molecule has 0 radical (unpaired) electrons. The molecule has 2 atom stereocenters. The fourth-order valence-electron chi connectivity index (χ4n) is 5.20. The minimum absolute atomic E-state index is 0.0222. The number of hydrogen-bond acceptors (Lipinski definition) is 5. The molecule has 9 heteroatoms. The zero-order chi connectivity index (χ0) is 22.9. The molecule has 1 aromatic carbocycles. The van der Waals surface area contributed by atoms with Gasteiger partial charge in [-0.05, 0) is 44.6 Å². The summed E-state index contributed by atoms with van der Waals surface area (Å²) in [6.45, 7) is 1.34. The van der Waals surface area contributed by atoms with Crippen molar-refractivity contribution in [3.63, 3.8) is 0 Å². The maximum Gasteiger partial charge on any atom is 0.325 e. The highest BCUT2D eigenvalue weighted by Gasteiger charge is 2.49. The van der Waals surface area contributed by atoms with Gasteiger partial charge >= 0.3 is 6.03 Å². The molecule has 1 aliphatic carbocycles. The van der Waals surface area contributed by atoms with Crippen LogP contribution in [-0.2, 0) is 25.8 Å². The molecule has 8 nitrogen and oxygen atoms in total. The van der Waals surface area contributed by atoms with Gasteiger partial charge in [-0.2, -0.15) is 0 Å². The number of carbonyl (C=O) groups is 3. The normalized spacial score (nSPS) is 27.7. The molecule has 32 heavy (non-hydrogen) atoms. The molecule has 3 fully saturated rings. The highest BCUT2D eigenvalue weighted by atomic mass is 32.2. The summed E-state index contributed by atoms with van der Waals surface area (Å²) in [7, 11) is -3.16. The van der Waals surface area contributed by atoms with E-state index in [1.807, 2.05) is 30.3 Å². The average Bonchev–Trinajstić information content (AvgIpc) is 3.45. The lowest BCUT2D eigenvalue weighted by Crippen LogP contribution is -2.52. The number of urea groups is 1. The van der Waals surface area contributed by atoms with Crippen LogP contribution in [-0.4, -0.2) is 71.7 Å². The van der Waals surface area contributed by atoms with Gasteiger partial charge in [-0.25, -0.2) is 13.2 Å². The zero-order valence-corrected chi connectivity index (χ0v) is 19.3. The van der Waals surface area contributed by atoms with Gasteiger partial charge in [0.15, 0.2) is 9.84 Å². The number of nitrogens with zero attached hydrogens (tertiary/aromatic N) is 2. The van der Waals surface area contributed by atoms with Crippen LogP contribution in [0.4, 0.5) is 4.79 Å². The second kappa shape index (κ2) is 8.84. The van der Waals surface area contributed by atoms with E-state index in [4.69, 9.17) is 0 Å². The van der Waals surface area contributed by atoms with Gasteiger partial charge in [0.05, 0.1) is 11.5 Å². The first-order chi connectivity index (χ1) is 15.2. The summed E-state index contributed by atoms with van der Waals surface area (Å²) in [6.07, 6.45) is 5.12. The number of sulfone groups is 1. The highest BCUT2D eigenvalue weighted by Crippen LogP contribution is 2.30. The molecular formula is C23H31N3O5S. The van der Waals surface area contributed by atoms with E-state index in [-0.39, 0.29) is 36.0 Å². The number of benzene rings is 1. The Morgan fingerprint density at radius 2 is 1.81 bits per heavy atom. The molecule has 0 aromatic heterocycles. The van der Waals surface area contributed by atoms with Gasteiger partial charge in [0.2, 0.25) is 5.91 Å². The second-order valence-electron chi connectivity index (χ2n) is 9.44. The highest BCUT2D eigenvalue weighted by molar-refractivity contribution is 7.91. The van der Waals surface area contributed by atoms with Crippen LogP contribution >= 0.6 is 0 Å². The Kier molecular flexibility index (Phi) is 6.29. The quantitative estimate of drug-likeness (QED) is 0.625. The lowest BCUT2D eigenvalue weighted by atomic mass is 9.93. The van der Waals surface area contributed by atoms with Crippen molar-refractivity contribution >= 4 is 27.7 Å². The molecule has 0 bridgehead atoms. The van der Waals surface area contributed by atoms with Crippen LogP contribution in [0.15, 0.2) is 30.3 Å². The number of imide groups is 1. The molecule has 0 spiro atoms. The van der Waals surface area contributed by atoms with Gasteiger partial charge in [0, 0.05) is 12.1 Å². The Bertz CT molecular complexity index is 990. The van der Waals surface area contributed by atoms with E-state index in [1.54, 1.807) is 11.8 Å². The van der Waals surface area contributed by atoms with E-state index < -0.39 is 27.3 Å². The molecule has 2 heterocycles. The summed E-state index contributed by atoms with van der Waals surface area (Å²) in [5.74, 6) is -0.703. The number of rotatable bonds is 7. The first-order valence-electron chi connectivity index (χ1n) is 11.4. The Hall–Kier alpha value is -2.42. The van der Waals surface area contributed by atoms with Crippen LogP contribution < -0.4 is 5.32 Å². The van der Waals surface area contributed by atoms with Crippen molar-refractivity contribution in [2.45, 2.75) is 69.5 Å². The Morgan fingerprint density at radius 1 is 1.12 bits per heavy atom. The molecule has 2 aliphatic heterocycles. The van der Waals surface area contributed by atoms with E-state index >= 15 is 0 Å². The van der Waals surface area contributed by atoms with E-state index in [1.165, 1.54) is 0 Å². The minimum atomic E-state index is -3.16. The summed E-state index contributed by atoms with van der Waals surface area (Å²) in [5.41, 5.74) is 0.00221. The van der Waals surface area contributed by atoms with E-state index in [0.717, 1.165) is 36.1 Å². The van der Waals surface area contributed by atoms with Gasteiger partial charge in [0.25, 0.3) is 5.91 Å². The smallest absolute Gasteiger partial charge is 0.325 e. The summed E-state index contributed by atoms with van der Waals surface area (Å²) >= 11 is 0. The summed E-state index contributed by atoms with van der Waals surface area (Å²) < 4.78 is 24.1. The molecule has 174 valence electrons. The van der Waals surface area contributed by atoms with Crippen molar-refractivity contribution in [3.8, 4) is 0 Å². The number of nitrogens with one attached hydrogen (secondary N) is 1. The maximum atomic E-state index is 13.3. The third kappa shape index (κ3) is 4.67. The van der Waals surface area contributed by atoms with Crippen molar-refractivity contribution in [1.29, 1.82) is 0 Å². The van der Waals surface area contributed by atoms with Crippen LogP contribution in [0.3, 0.4) is 0 Å². The van der Waals surface area contributed by atoms with Gasteiger partial charge in [-0.3, -0.25) is 14.5 Å². The van der Waals surface area contributed by atoms with E-state index in [9.17, 15) is 22.8 Å². The van der Waals surface area contributed by atoms with Crippen LogP contribution in [0.5, 0.6) is 0 Å².